The van der Waals surface area contributed by atoms with Crippen molar-refractivity contribution in [3.8, 4) is 17.0 Å². The molecule has 2 aromatic heterocycles. The van der Waals surface area contributed by atoms with Crippen LogP contribution in [0.4, 0.5) is 0 Å². The van der Waals surface area contributed by atoms with Crippen LogP contribution in [-0.4, -0.2) is 22.2 Å². The number of furan rings is 1. The van der Waals surface area contributed by atoms with E-state index in [0.29, 0.717) is 5.16 Å². The molecule has 5 nitrogen and oxygen atoms in total. The molecular weight excluding hydrogens is 312 g/mol. The number of thioether (sulfide) groups is 1. The minimum absolute atomic E-state index is 0.221. The molecule has 3 aromatic rings. The molecule has 0 unspecified atom stereocenters. The topological polar surface area (TPSA) is 65.2 Å². The predicted octanol–water partition coefficient (Wildman–Crippen LogP) is 3.99. The monoisotopic (exact) mass is 326 g/mol. The molecule has 6 heteroatoms. The lowest BCUT2D eigenvalue weighted by atomic mass is 10.1. The van der Waals surface area contributed by atoms with Gasteiger partial charge in [-0.3, -0.25) is 4.79 Å². The highest BCUT2D eigenvalue weighted by molar-refractivity contribution is 8.14. The second-order valence-electron chi connectivity index (χ2n) is 4.77. The summed E-state index contributed by atoms with van der Waals surface area (Å²) in [6, 6.07) is 12.8. The maximum Gasteiger partial charge on any atom is 0.262 e. The Morgan fingerprint density at radius 2 is 1.96 bits per heavy atom. The second-order valence-corrected chi connectivity index (χ2v) is 5.71. The lowest BCUT2D eigenvalue weighted by Gasteiger charge is -2.06. The molecule has 0 amide bonds. The molecule has 2 heterocycles. The Morgan fingerprint density at radius 1 is 1.17 bits per heavy atom. The van der Waals surface area contributed by atoms with Gasteiger partial charge >= 0.3 is 0 Å². The molecule has 0 aliphatic heterocycles. The zero-order valence-corrected chi connectivity index (χ0v) is 13.5. The Morgan fingerprint density at radius 3 is 2.61 bits per heavy atom. The lowest BCUT2D eigenvalue weighted by molar-refractivity contribution is 0.106. The van der Waals surface area contributed by atoms with Crippen LogP contribution in [0.25, 0.3) is 11.3 Å². The van der Waals surface area contributed by atoms with Crippen molar-refractivity contribution in [2.75, 3.05) is 7.11 Å². The van der Waals surface area contributed by atoms with E-state index in [9.17, 15) is 4.79 Å². The number of hydrogen-bond donors (Lipinski definition) is 0. The Labute approximate surface area is 137 Å². The molecule has 0 radical (unpaired) electrons. The first-order valence-electron chi connectivity index (χ1n) is 6.91. The molecule has 0 saturated heterocycles. The third-order valence-corrected chi connectivity index (χ3v) is 3.88. The van der Waals surface area contributed by atoms with Crippen molar-refractivity contribution in [2.45, 2.75) is 12.1 Å². The van der Waals surface area contributed by atoms with Crippen LogP contribution in [0.2, 0.25) is 0 Å². The summed E-state index contributed by atoms with van der Waals surface area (Å²) in [4.78, 5) is 20.9. The van der Waals surface area contributed by atoms with E-state index in [-0.39, 0.29) is 10.9 Å². The molecule has 0 aliphatic carbocycles. The zero-order valence-electron chi connectivity index (χ0n) is 12.6. The minimum Gasteiger partial charge on any atom is -0.497 e. The largest absolute Gasteiger partial charge is 0.497 e. The smallest absolute Gasteiger partial charge is 0.262 e. The summed E-state index contributed by atoms with van der Waals surface area (Å²) in [7, 11) is 1.62. The van der Waals surface area contributed by atoms with Crippen LogP contribution < -0.4 is 4.74 Å². The highest BCUT2D eigenvalue weighted by Gasteiger charge is 2.14. The van der Waals surface area contributed by atoms with Crippen LogP contribution >= 0.6 is 11.8 Å². The van der Waals surface area contributed by atoms with Crippen molar-refractivity contribution in [2.24, 2.45) is 0 Å². The van der Waals surface area contributed by atoms with Crippen LogP contribution in [0.5, 0.6) is 5.75 Å². The summed E-state index contributed by atoms with van der Waals surface area (Å²) in [5, 5.41) is 0.179. The molecule has 0 bridgehead atoms. The van der Waals surface area contributed by atoms with E-state index in [0.717, 1.165) is 34.5 Å². The number of carbonyl (C=O) groups is 1. The number of aryl methyl sites for hydroxylation is 1. The van der Waals surface area contributed by atoms with Gasteiger partial charge in [0.05, 0.1) is 19.1 Å². The molecule has 0 aliphatic rings. The van der Waals surface area contributed by atoms with Crippen LogP contribution in [0.3, 0.4) is 0 Å². The van der Waals surface area contributed by atoms with Gasteiger partial charge < -0.3 is 9.15 Å². The molecule has 0 fully saturated rings. The van der Waals surface area contributed by atoms with Gasteiger partial charge in [-0.2, -0.15) is 0 Å². The van der Waals surface area contributed by atoms with Crippen LogP contribution in [0.15, 0.2) is 58.3 Å². The van der Waals surface area contributed by atoms with Crippen LogP contribution in [-0.2, 0) is 0 Å². The molecule has 116 valence electrons. The fraction of sp³-hybridized carbons (Fsp3) is 0.118. The molecule has 0 N–H and O–H groups in total. The molecule has 0 atom stereocenters. The molecule has 23 heavy (non-hydrogen) atoms. The number of nitrogens with zero attached hydrogens (tertiary/aromatic N) is 2. The third kappa shape index (κ3) is 3.60. The van der Waals surface area contributed by atoms with Gasteiger partial charge in [0.1, 0.15) is 5.75 Å². The van der Waals surface area contributed by atoms with E-state index in [4.69, 9.17) is 9.15 Å². The van der Waals surface area contributed by atoms with Gasteiger partial charge in [0.25, 0.3) is 5.12 Å². The van der Waals surface area contributed by atoms with E-state index in [2.05, 4.69) is 9.97 Å². The van der Waals surface area contributed by atoms with Gasteiger partial charge in [0, 0.05) is 11.3 Å². The summed E-state index contributed by atoms with van der Waals surface area (Å²) in [6.07, 6.45) is 1.47. The van der Waals surface area contributed by atoms with Gasteiger partial charge in [-0.25, -0.2) is 9.97 Å². The van der Waals surface area contributed by atoms with Gasteiger partial charge in [-0.1, -0.05) is 0 Å². The first-order valence-corrected chi connectivity index (χ1v) is 7.73. The number of hydrogen-bond acceptors (Lipinski definition) is 6. The van der Waals surface area contributed by atoms with Crippen LogP contribution in [0, 0.1) is 6.92 Å². The van der Waals surface area contributed by atoms with Gasteiger partial charge in [-0.05, 0) is 61.2 Å². The summed E-state index contributed by atoms with van der Waals surface area (Å²) in [5.74, 6) is 1.06. The summed E-state index contributed by atoms with van der Waals surface area (Å²) < 4.78 is 10.3. The zero-order chi connectivity index (χ0) is 16.2. The van der Waals surface area contributed by atoms with Gasteiger partial charge in [-0.15, -0.1) is 0 Å². The minimum atomic E-state index is -0.221. The van der Waals surface area contributed by atoms with Crippen molar-refractivity contribution in [3.63, 3.8) is 0 Å². The Balaban J connectivity index is 1.87. The highest BCUT2D eigenvalue weighted by Crippen LogP contribution is 2.25. The van der Waals surface area contributed by atoms with Crippen molar-refractivity contribution >= 4 is 16.9 Å². The normalized spacial score (nSPS) is 10.5. The number of methoxy groups -OCH3 is 1. The van der Waals surface area contributed by atoms with E-state index in [1.807, 2.05) is 37.3 Å². The second kappa shape index (κ2) is 6.66. The average molecular weight is 326 g/mol. The standard InChI is InChI=1S/C17H14N2O3S/c1-11-10-14(12-5-7-13(21-2)8-6-12)19-17(18-11)23-16(20)15-4-3-9-22-15/h3-10H,1-2H3. The van der Waals surface area contributed by atoms with Crippen molar-refractivity contribution in [1.29, 1.82) is 0 Å². The van der Waals surface area contributed by atoms with E-state index in [1.165, 1.54) is 6.26 Å². The van der Waals surface area contributed by atoms with Crippen molar-refractivity contribution < 1.29 is 13.9 Å². The third-order valence-electron chi connectivity index (χ3n) is 3.13. The molecule has 0 saturated carbocycles. The maximum atomic E-state index is 12.1. The Kier molecular flexibility index (Phi) is 4.43. The average Bonchev–Trinajstić information content (AvgIpc) is 3.09. The van der Waals surface area contributed by atoms with E-state index < -0.39 is 0 Å². The number of aromatic nitrogens is 2. The fourth-order valence-corrected chi connectivity index (χ4v) is 2.74. The highest BCUT2D eigenvalue weighted by atomic mass is 32.2. The molecular formula is C17H14N2O3S. The van der Waals surface area contributed by atoms with E-state index in [1.54, 1.807) is 19.2 Å². The summed E-state index contributed by atoms with van der Waals surface area (Å²) in [6.45, 7) is 1.87. The molecule has 1 aromatic carbocycles. The fourth-order valence-electron chi connectivity index (χ4n) is 2.02. The number of carbonyl (C=O) groups excluding carboxylic acids is 1. The van der Waals surface area contributed by atoms with Crippen LogP contribution in [0.1, 0.15) is 16.2 Å². The molecule has 3 rings (SSSR count). The van der Waals surface area contributed by atoms with Crippen molar-refractivity contribution in [1.82, 2.24) is 9.97 Å². The predicted molar refractivity (Wildman–Crippen MR) is 87.7 cm³/mol. The first kappa shape index (κ1) is 15.3. The van der Waals surface area contributed by atoms with Gasteiger partial charge in [0.15, 0.2) is 10.9 Å². The summed E-state index contributed by atoms with van der Waals surface area (Å²) >= 11 is 0.952. The molecule has 0 spiro atoms. The maximum absolute atomic E-state index is 12.1. The SMILES string of the molecule is COc1ccc(-c2cc(C)nc(SC(=O)c3ccco3)n2)cc1. The lowest BCUT2D eigenvalue weighted by Crippen LogP contribution is -1.98. The number of benzene rings is 1. The van der Waals surface area contributed by atoms with Crippen molar-refractivity contribution in [3.05, 3.63) is 60.2 Å². The Hall–Kier alpha value is -2.60. The number of rotatable bonds is 4. The first-order chi connectivity index (χ1) is 11.2. The van der Waals surface area contributed by atoms with Gasteiger partial charge in [0.2, 0.25) is 0 Å². The summed E-state index contributed by atoms with van der Waals surface area (Å²) in [5.41, 5.74) is 2.49. The quantitative estimate of drug-likeness (QED) is 0.533. The Bertz CT molecular complexity index is 814. The number of ether oxygens (including phenoxy) is 1. The van der Waals surface area contributed by atoms with E-state index >= 15 is 0 Å².